The monoisotopic (exact) mass is 773 g/mol. The van der Waals surface area contributed by atoms with Gasteiger partial charge in [-0.05, 0) is 79.7 Å². The van der Waals surface area contributed by atoms with Gasteiger partial charge in [-0.3, -0.25) is 0 Å². The van der Waals surface area contributed by atoms with Crippen LogP contribution in [0.1, 0.15) is 5.56 Å². The minimum absolute atomic E-state index is 0.680. The molecule has 0 fully saturated rings. The number of aryl methyl sites for hydroxylation is 1. The van der Waals surface area contributed by atoms with E-state index in [9.17, 15) is 0 Å². The van der Waals surface area contributed by atoms with Crippen LogP contribution in [0.5, 0.6) is 0 Å². The molecule has 0 unspecified atom stereocenters. The number of anilines is 3. The van der Waals surface area contributed by atoms with E-state index in [0.29, 0.717) is 22.3 Å². The first-order valence-corrected chi connectivity index (χ1v) is 20.1. The van der Waals surface area contributed by atoms with Gasteiger partial charge in [-0.15, -0.1) is 0 Å². The zero-order valence-electron chi connectivity index (χ0n) is 32.6. The first kappa shape index (κ1) is 34.1. The molecule has 0 aliphatic heterocycles. The first-order chi connectivity index (χ1) is 29.6. The van der Waals surface area contributed by atoms with Gasteiger partial charge in [0.15, 0.2) is 22.3 Å². The molecular formula is C55H35NO4. The predicted octanol–water partition coefficient (Wildman–Crippen LogP) is 16.3. The molecule has 284 valence electrons. The predicted molar refractivity (Wildman–Crippen MR) is 244 cm³/mol. The highest BCUT2D eigenvalue weighted by molar-refractivity contribution is 6.38. The van der Waals surface area contributed by atoms with Gasteiger partial charge in [-0.2, -0.15) is 0 Å². The van der Waals surface area contributed by atoms with Crippen molar-refractivity contribution in [1.29, 1.82) is 0 Å². The molecule has 8 aromatic carbocycles. The summed E-state index contributed by atoms with van der Waals surface area (Å²) < 4.78 is 27.5. The lowest BCUT2D eigenvalue weighted by molar-refractivity contribution is 0.598. The third kappa shape index (κ3) is 5.48. The Labute approximate surface area is 344 Å². The van der Waals surface area contributed by atoms with E-state index in [1.165, 1.54) is 5.56 Å². The van der Waals surface area contributed by atoms with Crippen LogP contribution >= 0.6 is 0 Å². The van der Waals surface area contributed by atoms with Crippen molar-refractivity contribution < 1.29 is 17.7 Å². The van der Waals surface area contributed by atoms with E-state index in [2.05, 4.69) is 157 Å². The number of hydrogen-bond donors (Lipinski definition) is 0. The molecule has 4 aromatic heterocycles. The molecule has 0 radical (unpaired) electrons. The Morgan fingerprint density at radius 1 is 0.300 bits per heavy atom. The van der Waals surface area contributed by atoms with Crippen molar-refractivity contribution in [3.05, 3.63) is 200 Å². The zero-order chi connectivity index (χ0) is 39.7. The highest BCUT2D eigenvalue weighted by atomic mass is 16.4. The molecule has 0 bridgehead atoms. The van der Waals surface area contributed by atoms with Crippen LogP contribution < -0.4 is 4.90 Å². The van der Waals surface area contributed by atoms with E-state index < -0.39 is 0 Å². The molecule has 12 aromatic rings. The lowest BCUT2D eigenvalue weighted by Crippen LogP contribution is -2.09. The number of fused-ring (bicyclic) bond motifs is 11. The number of para-hydroxylation sites is 2. The molecule has 0 N–H and O–H groups in total. The molecule has 5 nitrogen and oxygen atoms in total. The van der Waals surface area contributed by atoms with Crippen molar-refractivity contribution in [2.45, 2.75) is 6.92 Å². The molecule has 0 atom stereocenters. The van der Waals surface area contributed by atoms with Gasteiger partial charge < -0.3 is 22.6 Å². The summed E-state index contributed by atoms with van der Waals surface area (Å²) in [6.07, 6.45) is 0. The summed E-state index contributed by atoms with van der Waals surface area (Å²) in [5, 5.41) is 5.82. The summed E-state index contributed by atoms with van der Waals surface area (Å²) in [4.78, 5) is 2.26. The second-order valence-corrected chi connectivity index (χ2v) is 15.3. The smallest absolute Gasteiger partial charge is 0.178 e. The topological polar surface area (TPSA) is 55.8 Å². The van der Waals surface area contributed by atoms with Crippen LogP contribution in [0.15, 0.2) is 212 Å². The molecule has 5 heteroatoms. The van der Waals surface area contributed by atoms with Crippen molar-refractivity contribution >= 4 is 71.7 Å². The van der Waals surface area contributed by atoms with Crippen molar-refractivity contribution in [2.24, 2.45) is 0 Å². The van der Waals surface area contributed by atoms with E-state index in [1.54, 1.807) is 0 Å². The minimum Gasteiger partial charge on any atom is -0.452 e. The second-order valence-electron chi connectivity index (χ2n) is 15.3. The molecule has 12 rings (SSSR count). The molecule has 4 heterocycles. The normalized spacial score (nSPS) is 11.8. The van der Waals surface area contributed by atoms with Crippen LogP contribution in [0.4, 0.5) is 17.1 Å². The Bertz CT molecular complexity index is 3460. The number of rotatable bonds is 7. The van der Waals surface area contributed by atoms with Crippen molar-refractivity contribution in [2.75, 3.05) is 4.90 Å². The van der Waals surface area contributed by atoms with E-state index in [-0.39, 0.29) is 0 Å². The average molecular weight is 774 g/mol. The minimum atomic E-state index is 0.680. The summed E-state index contributed by atoms with van der Waals surface area (Å²) in [5.41, 5.74) is 11.1. The van der Waals surface area contributed by atoms with Gasteiger partial charge in [0.05, 0.1) is 0 Å². The molecule has 0 saturated heterocycles. The average Bonchev–Trinajstić information content (AvgIpc) is 4.13. The lowest BCUT2D eigenvalue weighted by atomic mass is 9.95. The molecular weight excluding hydrogens is 739 g/mol. The number of benzene rings is 8. The first-order valence-electron chi connectivity index (χ1n) is 20.1. The fourth-order valence-corrected chi connectivity index (χ4v) is 8.68. The van der Waals surface area contributed by atoms with E-state index in [1.807, 2.05) is 48.5 Å². The maximum atomic E-state index is 6.97. The van der Waals surface area contributed by atoms with Gasteiger partial charge >= 0.3 is 0 Å². The number of hydrogen-bond acceptors (Lipinski definition) is 5. The summed E-state index contributed by atoms with van der Waals surface area (Å²) >= 11 is 0. The highest BCUT2D eigenvalue weighted by Gasteiger charge is 2.27. The summed E-state index contributed by atoms with van der Waals surface area (Å²) in [7, 11) is 0. The Morgan fingerprint density at radius 3 is 0.933 bits per heavy atom. The van der Waals surface area contributed by atoms with E-state index in [4.69, 9.17) is 17.7 Å². The molecule has 0 aliphatic rings. The molecule has 0 saturated carbocycles. The number of nitrogens with zero attached hydrogens (tertiary/aromatic N) is 1. The maximum absolute atomic E-state index is 6.97. The van der Waals surface area contributed by atoms with Crippen LogP contribution in [-0.4, -0.2) is 0 Å². The fraction of sp³-hybridized carbons (Fsp3) is 0.0182. The standard InChI is InChI=1S/C55H35NO4/c1-34-22-24-37(25-23-34)48-32-44-50-42-30-47(36-16-8-3-9-17-36)58-53(42)55-45(51(50)43-31-46(35-14-6-2-7-15-35)57-52(43)54(44)59-48)33-49(60-55)38-26-28-41(29-27-38)56(39-18-10-4-11-19-39)40-20-12-5-13-21-40/h2-33H,1H3. The van der Waals surface area contributed by atoms with Gasteiger partial charge in [0.1, 0.15) is 23.0 Å². The summed E-state index contributed by atoms with van der Waals surface area (Å²) in [6, 6.07) is 66.9. The Morgan fingerprint density at radius 2 is 0.583 bits per heavy atom. The Balaban J connectivity index is 1.13. The quantitative estimate of drug-likeness (QED) is 0.161. The van der Waals surface area contributed by atoms with E-state index >= 15 is 0 Å². The van der Waals surface area contributed by atoms with Gasteiger partial charge in [0, 0.05) is 71.6 Å². The van der Waals surface area contributed by atoms with Gasteiger partial charge in [0.2, 0.25) is 0 Å². The van der Waals surface area contributed by atoms with Crippen LogP contribution in [0.3, 0.4) is 0 Å². The fourth-order valence-electron chi connectivity index (χ4n) is 8.68. The Hall–Kier alpha value is -8.02. The Kier molecular flexibility index (Phi) is 7.69. The van der Waals surface area contributed by atoms with Crippen LogP contribution in [-0.2, 0) is 0 Å². The zero-order valence-corrected chi connectivity index (χ0v) is 32.6. The second kappa shape index (κ2) is 13.5. The van der Waals surface area contributed by atoms with Crippen molar-refractivity contribution in [3.8, 4) is 45.3 Å². The molecule has 0 aliphatic carbocycles. The third-order valence-corrected chi connectivity index (χ3v) is 11.6. The van der Waals surface area contributed by atoms with Crippen LogP contribution in [0.25, 0.3) is 99.9 Å². The van der Waals surface area contributed by atoms with Crippen molar-refractivity contribution in [3.63, 3.8) is 0 Å². The van der Waals surface area contributed by atoms with Gasteiger partial charge in [0.25, 0.3) is 0 Å². The van der Waals surface area contributed by atoms with Crippen LogP contribution in [0.2, 0.25) is 0 Å². The third-order valence-electron chi connectivity index (χ3n) is 11.6. The lowest BCUT2D eigenvalue weighted by Gasteiger charge is -2.25. The molecule has 0 amide bonds. The van der Waals surface area contributed by atoms with Crippen molar-refractivity contribution in [1.82, 2.24) is 0 Å². The highest BCUT2D eigenvalue weighted by Crippen LogP contribution is 2.50. The molecule has 60 heavy (non-hydrogen) atoms. The maximum Gasteiger partial charge on any atom is 0.178 e. The van der Waals surface area contributed by atoms with Gasteiger partial charge in [-0.1, -0.05) is 127 Å². The SMILES string of the molecule is Cc1ccc(-c2cc3c(o2)c2oc(-c4ccccc4)cc2c2c4cc(-c5ccc(N(c6ccccc6)c6ccccc6)cc5)oc4c4oc(-c5ccccc5)cc4c32)cc1. The van der Waals surface area contributed by atoms with Crippen LogP contribution in [0, 0.1) is 6.92 Å². The largest absolute Gasteiger partial charge is 0.452 e. The summed E-state index contributed by atoms with van der Waals surface area (Å²) in [6.45, 7) is 2.09. The van der Waals surface area contributed by atoms with Gasteiger partial charge in [-0.25, -0.2) is 0 Å². The van der Waals surface area contributed by atoms with E-state index in [0.717, 1.165) is 94.7 Å². The number of furan rings is 4. The molecule has 0 spiro atoms. The summed E-state index contributed by atoms with van der Waals surface area (Å²) in [5.74, 6) is 3.03.